The molecule has 2 aromatic rings. The van der Waals surface area contributed by atoms with Gasteiger partial charge in [-0.2, -0.15) is 0 Å². The zero-order valence-corrected chi connectivity index (χ0v) is 13.5. The summed E-state index contributed by atoms with van der Waals surface area (Å²) < 4.78 is 0. The van der Waals surface area contributed by atoms with Gasteiger partial charge in [0.25, 0.3) is 0 Å². The first-order valence-corrected chi connectivity index (χ1v) is 7.88. The summed E-state index contributed by atoms with van der Waals surface area (Å²) in [5, 5.41) is 1.03. The van der Waals surface area contributed by atoms with Crippen molar-refractivity contribution in [1.29, 1.82) is 0 Å². The lowest BCUT2D eigenvalue weighted by Gasteiger charge is -2.41. The van der Waals surface area contributed by atoms with Gasteiger partial charge in [0, 0.05) is 32.4 Å². The molecule has 6 nitrogen and oxygen atoms in total. The van der Waals surface area contributed by atoms with Gasteiger partial charge in [0.2, 0.25) is 0 Å². The van der Waals surface area contributed by atoms with Gasteiger partial charge >= 0.3 is 0 Å². The minimum Gasteiger partial charge on any atom is -0.354 e. The Kier molecular flexibility index (Phi) is 4.47. The van der Waals surface area contributed by atoms with E-state index in [4.69, 9.17) is 0 Å². The number of nitrogens with one attached hydrogen (secondary N) is 1. The summed E-state index contributed by atoms with van der Waals surface area (Å²) in [6.45, 7) is 4.06. The third-order valence-electron chi connectivity index (χ3n) is 4.51. The molecule has 0 amide bonds. The Morgan fingerprint density at radius 1 is 1.52 bits per heavy atom. The van der Waals surface area contributed by atoms with Gasteiger partial charge in [0.15, 0.2) is 0 Å². The molecule has 1 N–H and O–H groups in total. The van der Waals surface area contributed by atoms with Gasteiger partial charge in [0.1, 0.15) is 24.1 Å². The number of carbonyl (C=O) groups is 1. The van der Waals surface area contributed by atoms with Gasteiger partial charge < -0.3 is 19.6 Å². The number of rotatable bonds is 3. The Balaban J connectivity index is 1.82. The van der Waals surface area contributed by atoms with Gasteiger partial charge in [-0.1, -0.05) is 12.8 Å². The van der Waals surface area contributed by atoms with Crippen LogP contribution in [-0.2, 0) is 4.79 Å². The fourth-order valence-electron chi connectivity index (χ4n) is 3.15. The number of aromatic amines is 1. The first kappa shape index (κ1) is 15.3. The largest absolute Gasteiger partial charge is 0.354 e. The summed E-state index contributed by atoms with van der Waals surface area (Å²) >= 11 is 0. The summed E-state index contributed by atoms with van der Waals surface area (Å²) in [5.41, 5.74) is 0.855. The Bertz CT molecular complexity index is 744. The minimum atomic E-state index is 0.294. The van der Waals surface area contributed by atoms with E-state index in [-0.39, 0.29) is 0 Å². The standard InChI is InChI=1S/C17H21N5O/c1-13-6-9-22(8-3-4-10-23)11-15(13)21(2)17-14-5-7-18-16(14)19-12-20-17/h5,7,10,12-13,15H,4,6,9,11H2,1-2H3,(H,18,19,20). The fourth-order valence-corrected chi connectivity index (χ4v) is 3.15. The van der Waals surface area contributed by atoms with Crippen molar-refractivity contribution in [2.45, 2.75) is 25.8 Å². The summed E-state index contributed by atoms with van der Waals surface area (Å²) in [5.74, 6) is 4.39. The highest BCUT2D eigenvalue weighted by atomic mass is 16.1. The summed E-state index contributed by atoms with van der Waals surface area (Å²) in [7, 11) is 2.08. The van der Waals surface area contributed by atoms with Crippen LogP contribution in [0, 0.1) is 17.9 Å². The average Bonchev–Trinajstić information content (AvgIpc) is 3.04. The number of likely N-dealkylation sites (N-methyl/N-ethyl adjacent to an activating group) is 1. The zero-order chi connectivity index (χ0) is 16.2. The maximum atomic E-state index is 10.4. The topological polar surface area (TPSA) is 65.1 Å². The van der Waals surface area contributed by atoms with E-state index in [9.17, 15) is 4.79 Å². The van der Waals surface area contributed by atoms with E-state index in [0.717, 1.165) is 42.6 Å². The monoisotopic (exact) mass is 311 g/mol. The Morgan fingerprint density at radius 2 is 2.39 bits per heavy atom. The van der Waals surface area contributed by atoms with E-state index < -0.39 is 0 Å². The lowest BCUT2D eigenvalue weighted by Crippen LogP contribution is -2.49. The van der Waals surface area contributed by atoms with Crippen molar-refractivity contribution in [3.8, 4) is 12.0 Å². The highest BCUT2D eigenvalue weighted by molar-refractivity contribution is 5.87. The molecule has 0 spiro atoms. The van der Waals surface area contributed by atoms with E-state index in [2.05, 4.69) is 50.7 Å². The molecule has 0 radical (unpaired) electrons. The third-order valence-corrected chi connectivity index (χ3v) is 4.51. The van der Waals surface area contributed by atoms with Gasteiger partial charge in [-0.25, -0.2) is 9.97 Å². The van der Waals surface area contributed by atoms with Gasteiger partial charge in [-0.05, 0) is 18.4 Å². The van der Waals surface area contributed by atoms with E-state index in [1.807, 2.05) is 12.3 Å². The molecule has 1 aliphatic heterocycles. The van der Waals surface area contributed by atoms with Gasteiger partial charge in [-0.3, -0.25) is 0 Å². The number of aldehydes is 1. The Labute approximate surface area is 135 Å². The van der Waals surface area contributed by atoms with Gasteiger partial charge in [-0.15, -0.1) is 0 Å². The smallest absolute Gasteiger partial charge is 0.142 e. The molecular formula is C17H21N5O. The predicted octanol–water partition coefficient (Wildman–Crippen LogP) is 1.65. The summed E-state index contributed by atoms with van der Waals surface area (Å²) in [4.78, 5) is 26.6. The second kappa shape index (κ2) is 6.69. The second-order valence-electron chi connectivity index (χ2n) is 5.99. The van der Waals surface area contributed by atoms with Crippen molar-refractivity contribution < 1.29 is 4.79 Å². The van der Waals surface area contributed by atoms with E-state index in [0.29, 0.717) is 18.4 Å². The molecule has 120 valence electrons. The van der Waals surface area contributed by atoms with Crippen LogP contribution < -0.4 is 4.90 Å². The zero-order valence-electron chi connectivity index (χ0n) is 13.5. The number of hydrogen-bond acceptors (Lipinski definition) is 5. The van der Waals surface area contributed by atoms with Crippen LogP contribution in [0.4, 0.5) is 5.82 Å². The van der Waals surface area contributed by atoms with Crippen molar-refractivity contribution in [2.24, 2.45) is 5.92 Å². The normalized spacial score (nSPS) is 20.9. The summed E-state index contributed by atoms with van der Waals surface area (Å²) in [6.07, 6.45) is 5.69. The van der Waals surface area contributed by atoms with Crippen LogP contribution in [0.15, 0.2) is 18.6 Å². The van der Waals surface area contributed by atoms with Crippen molar-refractivity contribution in [1.82, 2.24) is 19.9 Å². The first-order chi connectivity index (χ1) is 11.2. The fraction of sp³-hybridized carbons (Fsp3) is 0.471. The molecule has 1 fully saturated rings. The van der Waals surface area contributed by atoms with Crippen molar-refractivity contribution in [3.63, 3.8) is 0 Å². The molecule has 1 aliphatic rings. The lowest BCUT2D eigenvalue weighted by molar-refractivity contribution is -0.107. The van der Waals surface area contributed by atoms with Crippen molar-refractivity contribution >= 4 is 23.1 Å². The van der Waals surface area contributed by atoms with Crippen LogP contribution in [0.3, 0.4) is 0 Å². The van der Waals surface area contributed by atoms with Crippen molar-refractivity contribution in [3.05, 3.63) is 18.6 Å². The number of carbonyl (C=O) groups excluding carboxylic acids is 1. The van der Waals surface area contributed by atoms with E-state index >= 15 is 0 Å². The molecule has 2 aromatic heterocycles. The molecule has 0 bridgehead atoms. The molecule has 0 aliphatic carbocycles. The van der Waals surface area contributed by atoms with Crippen LogP contribution >= 0.6 is 0 Å². The molecule has 0 aromatic carbocycles. The number of anilines is 1. The van der Waals surface area contributed by atoms with E-state index in [1.54, 1.807) is 6.33 Å². The number of fused-ring (bicyclic) bond motifs is 1. The van der Waals surface area contributed by atoms with Gasteiger partial charge in [0.05, 0.1) is 17.8 Å². The van der Waals surface area contributed by atoms with Crippen LogP contribution in [0.25, 0.3) is 11.0 Å². The average molecular weight is 311 g/mol. The maximum absolute atomic E-state index is 10.4. The van der Waals surface area contributed by atoms with E-state index in [1.165, 1.54) is 0 Å². The number of aromatic nitrogens is 3. The molecule has 0 saturated carbocycles. The van der Waals surface area contributed by atoms with Crippen LogP contribution in [0.1, 0.15) is 19.8 Å². The summed E-state index contributed by atoms with van der Waals surface area (Å²) in [6, 6.07) is 5.43. The maximum Gasteiger partial charge on any atom is 0.142 e. The number of piperidine rings is 1. The third kappa shape index (κ3) is 3.14. The lowest BCUT2D eigenvalue weighted by atomic mass is 9.92. The number of hydrogen-bond donors (Lipinski definition) is 1. The molecule has 3 heterocycles. The number of nitrogens with zero attached hydrogens (tertiary/aromatic N) is 4. The molecule has 1 saturated heterocycles. The highest BCUT2D eigenvalue weighted by Crippen LogP contribution is 2.28. The Hall–Kier alpha value is -2.55. The number of likely N-dealkylation sites (tertiary alicyclic amines) is 1. The molecule has 2 unspecified atom stereocenters. The van der Waals surface area contributed by atoms with Crippen molar-refractivity contribution in [2.75, 3.05) is 25.0 Å². The van der Waals surface area contributed by atoms with Crippen LogP contribution in [-0.4, -0.2) is 52.3 Å². The SMILES string of the molecule is CC1CCN(C#CCC=O)CC1N(C)c1ncnc2[nH]ccc12. The van der Waals surface area contributed by atoms with Crippen LogP contribution in [0.2, 0.25) is 0 Å². The van der Waals surface area contributed by atoms with Crippen LogP contribution in [0.5, 0.6) is 0 Å². The molecule has 23 heavy (non-hydrogen) atoms. The molecular weight excluding hydrogens is 290 g/mol. The quantitative estimate of drug-likeness (QED) is 0.690. The molecule has 6 heteroatoms. The molecule has 2 atom stereocenters. The molecule has 3 rings (SSSR count). The number of H-pyrrole nitrogens is 1. The first-order valence-electron chi connectivity index (χ1n) is 7.88. The Morgan fingerprint density at radius 3 is 3.22 bits per heavy atom. The highest BCUT2D eigenvalue weighted by Gasteiger charge is 2.30. The predicted molar refractivity (Wildman–Crippen MR) is 89.9 cm³/mol. The second-order valence-corrected chi connectivity index (χ2v) is 5.99. The minimum absolute atomic E-state index is 0.294.